The third kappa shape index (κ3) is 4.33. The van der Waals surface area contributed by atoms with Crippen LogP contribution in [-0.4, -0.2) is 32.2 Å². The van der Waals surface area contributed by atoms with Gasteiger partial charge in [0.2, 0.25) is 0 Å². The zero-order valence-electron chi connectivity index (χ0n) is 11.2. The lowest BCUT2D eigenvalue weighted by Crippen LogP contribution is -2.26. The van der Waals surface area contributed by atoms with Crippen LogP contribution in [-0.2, 0) is 11.2 Å². The van der Waals surface area contributed by atoms with Crippen molar-refractivity contribution in [2.24, 2.45) is 11.7 Å². The molecule has 0 saturated carbocycles. The number of carbonyl (C=O) groups excluding carboxylic acids is 1. The van der Waals surface area contributed by atoms with Gasteiger partial charge in [-0.3, -0.25) is 4.79 Å². The number of hydrogen-bond acceptors (Lipinski definition) is 3. The fourth-order valence-corrected chi connectivity index (χ4v) is 2.29. The van der Waals surface area contributed by atoms with Crippen LogP contribution in [0, 0.1) is 5.92 Å². The molecule has 0 radical (unpaired) electrons. The molecule has 4 nitrogen and oxygen atoms in total. The number of nitrogens with one attached hydrogen (secondary N) is 1. The molecule has 1 aromatic carbocycles. The summed E-state index contributed by atoms with van der Waals surface area (Å²) in [6.07, 6.45) is 2.96. The molecule has 1 fully saturated rings. The fraction of sp³-hybridized carbons (Fsp3) is 0.533. The van der Waals surface area contributed by atoms with Crippen molar-refractivity contribution in [3.63, 3.8) is 0 Å². The Morgan fingerprint density at radius 1 is 1.37 bits per heavy atom. The average molecular weight is 262 g/mol. The Morgan fingerprint density at radius 3 is 2.79 bits per heavy atom. The summed E-state index contributed by atoms with van der Waals surface area (Å²) in [5.41, 5.74) is 7.37. The lowest BCUT2D eigenvalue weighted by atomic mass is 10.1. The van der Waals surface area contributed by atoms with Crippen LogP contribution in [0.4, 0.5) is 0 Å². The van der Waals surface area contributed by atoms with Gasteiger partial charge in [0.05, 0.1) is 0 Å². The predicted molar refractivity (Wildman–Crippen MR) is 75.1 cm³/mol. The maximum absolute atomic E-state index is 11.9. The van der Waals surface area contributed by atoms with Crippen molar-refractivity contribution in [1.29, 1.82) is 0 Å². The molecule has 104 valence electrons. The van der Waals surface area contributed by atoms with Gasteiger partial charge in [0.15, 0.2) is 0 Å². The summed E-state index contributed by atoms with van der Waals surface area (Å²) < 4.78 is 5.31. The van der Waals surface area contributed by atoms with Gasteiger partial charge in [0, 0.05) is 25.3 Å². The number of benzene rings is 1. The third-order valence-corrected chi connectivity index (χ3v) is 3.51. The molecule has 1 atom stereocenters. The molecular formula is C15H22N2O2. The van der Waals surface area contributed by atoms with Crippen LogP contribution in [0.2, 0.25) is 0 Å². The highest BCUT2D eigenvalue weighted by atomic mass is 16.5. The summed E-state index contributed by atoms with van der Waals surface area (Å²) in [7, 11) is 0. The third-order valence-electron chi connectivity index (χ3n) is 3.51. The van der Waals surface area contributed by atoms with E-state index in [1.54, 1.807) is 0 Å². The van der Waals surface area contributed by atoms with E-state index in [0.29, 0.717) is 18.0 Å². The number of amides is 1. The molecule has 19 heavy (non-hydrogen) atoms. The SMILES string of the molecule is NCCc1ccc(C(=O)NCCC2CCOC2)cc1. The molecule has 2 rings (SSSR count). The Hall–Kier alpha value is -1.39. The van der Waals surface area contributed by atoms with Crippen LogP contribution in [0.3, 0.4) is 0 Å². The Kier molecular flexibility index (Phi) is 5.36. The first-order chi connectivity index (χ1) is 9.29. The highest BCUT2D eigenvalue weighted by Crippen LogP contribution is 2.15. The van der Waals surface area contributed by atoms with Crippen LogP contribution >= 0.6 is 0 Å². The van der Waals surface area contributed by atoms with Gasteiger partial charge < -0.3 is 15.8 Å². The van der Waals surface area contributed by atoms with E-state index in [1.165, 1.54) is 5.56 Å². The number of hydrogen-bond donors (Lipinski definition) is 2. The molecule has 0 aliphatic carbocycles. The first-order valence-corrected chi connectivity index (χ1v) is 6.94. The van der Waals surface area contributed by atoms with Crippen molar-refractivity contribution in [1.82, 2.24) is 5.32 Å². The van der Waals surface area contributed by atoms with Gasteiger partial charge in [-0.15, -0.1) is 0 Å². The molecule has 1 aliphatic heterocycles. The van der Waals surface area contributed by atoms with E-state index in [1.807, 2.05) is 24.3 Å². The van der Waals surface area contributed by atoms with Crippen LogP contribution in [0.5, 0.6) is 0 Å². The topological polar surface area (TPSA) is 64.4 Å². The Morgan fingerprint density at radius 2 is 2.16 bits per heavy atom. The van der Waals surface area contributed by atoms with Crippen molar-refractivity contribution < 1.29 is 9.53 Å². The molecule has 0 bridgehead atoms. The minimum atomic E-state index is -0.00165. The van der Waals surface area contributed by atoms with Crippen LogP contribution < -0.4 is 11.1 Å². The lowest BCUT2D eigenvalue weighted by molar-refractivity contribution is 0.0950. The van der Waals surface area contributed by atoms with Crippen LogP contribution in [0.25, 0.3) is 0 Å². The van der Waals surface area contributed by atoms with Gasteiger partial charge in [-0.2, -0.15) is 0 Å². The first-order valence-electron chi connectivity index (χ1n) is 6.94. The monoisotopic (exact) mass is 262 g/mol. The van der Waals surface area contributed by atoms with Crippen molar-refractivity contribution in [2.45, 2.75) is 19.3 Å². The second-order valence-electron chi connectivity index (χ2n) is 5.01. The van der Waals surface area contributed by atoms with E-state index in [4.69, 9.17) is 10.5 Å². The number of carbonyl (C=O) groups is 1. The molecular weight excluding hydrogens is 240 g/mol. The molecule has 1 unspecified atom stereocenters. The zero-order chi connectivity index (χ0) is 13.5. The number of nitrogens with two attached hydrogens (primary N) is 1. The standard InChI is InChI=1S/C15H22N2O2/c16-8-5-12-1-3-14(4-2-12)15(18)17-9-6-13-7-10-19-11-13/h1-4,13H,5-11,16H2,(H,17,18). The molecule has 1 aromatic rings. The Bertz CT molecular complexity index is 397. The highest BCUT2D eigenvalue weighted by molar-refractivity contribution is 5.94. The Balaban J connectivity index is 1.75. The number of rotatable bonds is 6. The normalized spacial score (nSPS) is 18.5. The van der Waals surface area contributed by atoms with Crippen molar-refractivity contribution in [3.05, 3.63) is 35.4 Å². The molecule has 1 heterocycles. The number of ether oxygens (including phenoxy) is 1. The molecule has 1 saturated heterocycles. The smallest absolute Gasteiger partial charge is 0.251 e. The average Bonchev–Trinajstić information content (AvgIpc) is 2.93. The van der Waals surface area contributed by atoms with Gasteiger partial charge in [-0.1, -0.05) is 12.1 Å². The maximum Gasteiger partial charge on any atom is 0.251 e. The van der Waals surface area contributed by atoms with E-state index in [-0.39, 0.29) is 5.91 Å². The van der Waals surface area contributed by atoms with E-state index >= 15 is 0 Å². The Labute approximate surface area is 114 Å². The van der Waals surface area contributed by atoms with Gasteiger partial charge in [-0.25, -0.2) is 0 Å². The molecule has 1 aliphatic rings. The van der Waals surface area contributed by atoms with E-state index in [9.17, 15) is 4.79 Å². The quantitative estimate of drug-likeness (QED) is 0.813. The molecule has 3 N–H and O–H groups in total. The summed E-state index contributed by atoms with van der Waals surface area (Å²) in [6, 6.07) is 7.65. The van der Waals surface area contributed by atoms with Crippen molar-refractivity contribution in [3.8, 4) is 0 Å². The second kappa shape index (κ2) is 7.26. The zero-order valence-corrected chi connectivity index (χ0v) is 11.2. The summed E-state index contributed by atoms with van der Waals surface area (Å²) in [6.45, 7) is 3.05. The summed E-state index contributed by atoms with van der Waals surface area (Å²) in [4.78, 5) is 11.9. The van der Waals surface area contributed by atoms with Crippen molar-refractivity contribution >= 4 is 5.91 Å². The van der Waals surface area contributed by atoms with Gasteiger partial charge >= 0.3 is 0 Å². The van der Waals surface area contributed by atoms with Gasteiger partial charge in [-0.05, 0) is 49.4 Å². The molecule has 4 heteroatoms. The summed E-state index contributed by atoms with van der Waals surface area (Å²) >= 11 is 0. The highest BCUT2D eigenvalue weighted by Gasteiger charge is 2.15. The molecule has 0 aromatic heterocycles. The molecule has 0 spiro atoms. The first kappa shape index (κ1) is 14.0. The van der Waals surface area contributed by atoms with Gasteiger partial charge in [0.1, 0.15) is 0 Å². The summed E-state index contributed by atoms with van der Waals surface area (Å²) in [5, 5.41) is 2.96. The fourth-order valence-electron chi connectivity index (χ4n) is 2.29. The van der Waals surface area contributed by atoms with Gasteiger partial charge in [0.25, 0.3) is 5.91 Å². The largest absolute Gasteiger partial charge is 0.381 e. The maximum atomic E-state index is 11.9. The summed E-state index contributed by atoms with van der Waals surface area (Å²) in [5.74, 6) is 0.602. The minimum absolute atomic E-state index is 0.00165. The lowest BCUT2D eigenvalue weighted by Gasteiger charge is -2.09. The van der Waals surface area contributed by atoms with E-state index < -0.39 is 0 Å². The second-order valence-corrected chi connectivity index (χ2v) is 5.01. The van der Waals surface area contributed by atoms with Crippen LogP contribution in [0.15, 0.2) is 24.3 Å². The minimum Gasteiger partial charge on any atom is -0.381 e. The van der Waals surface area contributed by atoms with E-state index in [0.717, 1.165) is 39.0 Å². The van der Waals surface area contributed by atoms with Crippen molar-refractivity contribution in [2.75, 3.05) is 26.3 Å². The molecule has 1 amide bonds. The predicted octanol–water partition coefficient (Wildman–Crippen LogP) is 1.34. The van der Waals surface area contributed by atoms with E-state index in [2.05, 4.69) is 5.32 Å². The van der Waals surface area contributed by atoms with Crippen LogP contribution in [0.1, 0.15) is 28.8 Å².